The second-order valence-electron chi connectivity index (χ2n) is 4.28. The molecule has 0 saturated heterocycles. The van der Waals surface area contributed by atoms with Crippen LogP contribution in [0.25, 0.3) is 6.08 Å². The van der Waals surface area contributed by atoms with Gasteiger partial charge in [-0.15, -0.1) is 0 Å². The molecule has 1 unspecified atom stereocenters. The minimum Gasteiger partial charge on any atom is -0.478 e. The van der Waals surface area contributed by atoms with Gasteiger partial charge in [-0.05, 0) is 43.2 Å². The Bertz CT molecular complexity index is 457. The van der Waals surface area contributed by atoms with Gasteiger partial charge in [-0.1, -0.05) is 6.92 Å². The second-order valence-corrected chi connectivity index (χ2v) is 4.28. The van der Waals surface area contributed by atoms with Gasteiger partial charge in [0.05, 0.1) is 0 Å². The van der Waals surface area contributed by atoms with E-state index >= 15 is 0 Å². The van der Waals surface area contributed by atoms with Gasteiger partial charge in [0.1, 0.15) is 5.82 Å². The molecule has 0 fully saturated rings. The van der Waals surface area contributed by atoms with Crippen LogP contribution in [0.4, 0.5) is 10.1 Å². The zero-order chi connectivity index (χ0) is 13.7. The van der Waals surface area contributed by atoms with E-state index in [1.54, 1.807) is 6.07 Å². The maximum atomic E-state index is 13.5. The Morgan fingerprint density at radius 1 is 1.50 bits per heavy atom. The molecule has 18 heavy (non-hydrogen) atoms. The second kappa shape index (κ2) is 6.19. The molecule has 1 rings (SSSR count). The van der Waals surface area contributed by atoms with Gasteiger partial charge in [0, 0.05) is 24.9 Å². The van der Waals surface area contributed by atoms with Crippen LogP contribution >= 0.6 is 0 Å². The molecule has 0 aliphatic carbocycles. The van der Waals surface area contributed by atoms with Crippen LogP contribution in [0.5, 0.6) is 0 Å². The number of rotatable bonds is 5. The van der Waals surface area contributed by atoms with Gasteiger partial charge < -0.3 is 10.0 Å². The van der Waals surface area contributed by atoms with Crippen LogP contribution in [-0.2, 0) is 4.79 Å². The maximum Gasteiger partial charge on any atom is 0.328 e. The fourth-order valence-electron chi connectivity index (χ4n) is 1.59. The van der Waals surface area contributed by atoms with Crippen molar-refractivity contribution >= 4 is 17.7 Å². The number of carbonyl (C=O) groups is 1. The summed E-state index contributed by atoms with van der Waals surface area (Å²) in [5.41, 5.74) is 1.29. The lowest BCUT2D eigenvalue weighted by Gasteiger charge is -2.26. The van der Waals surface area contributed by atoms with E-state index in [1.807, 2.05) is 11.9 Å². The van der Waals surface area contributed by atoms with Gasteiger partial charge in [0.15, 0.2) is 0 Å². The molecule has 1 atom stereocenters. The Kier molecular flexibility index (Phi) is 4.89. The van der Waals surface area contributed by atoms with E-state index in [2.05, 4.69) is 13.8 Å². The summed E-state index contributed by atoms with van der Waals surface area (Å²) < 4.78 is 13.5. The zero-order valence-corrected chi connectivity index (χ0v) is 10.9. The van der Waals surface area contributed by atoms with Crippen molar-refractivity contribution in [1.82, 2.24) is 0 Å². The Morgan fingerprint density at radius 2 is 2.17 bits per heavy atom. The molecule has 0 spiro atoms. The average molecular weight is 251 g/mol. The molecule has 1 aromatic carbocycles. The Balaban J connectivity index is 3.04. The highest BCUT2D eigenvalue weighted by Crippen LogP contribution is 2.21. The van der Waals surface area contributed by atoms with Gasteiger partial charge in [-0.2, -0.15) is 0 Å². The van der Waals surface area contributed by atoms with E-state index in [0.29, 0.717) is 11.6 Å². The monoisotopic (exact) mass is 251 g/mol. The molecular weight excluding hydrogens is 233 g/mol. The number of carboxylic acids is 1. The van der Waals surface area contributed by atoms with Crippen LogP contribution in [0.2, 0.25) is 0 Å². The Labute approximate surface area is 107 Å². The molecule has 0 saturated carbocycles. The molecular formula is C14H18FNO2. The number of aliphatic carboxylic acids is 1. The highest BCUT2D eigenvalue weighted by Gasteiger charge is 2.09. The summed E-state index contributed by atoms with van der Waals surface area (Å²) in [6, 6.07) is 4.83. The third-order valence-corrected chi connectivity index (χ3v) is 2.98. The Hall–Kier alpha value is -1.84. The van der Waals surface area contributed by atoms with E-state index in [4.69, 9.17) is 5.11 Å². The summed E-state index contributed by atoms with van der Waals surface area (Å²) in [5.74, 6) is -1.41. The summed E-state index contributed by atoms with van der Waals surface area (Å²) in [7, 11) is 1.90. The number of anilines is 1. The highest BCUT2D eigenvalue weighted by atomic mass is 19.1. The van der Waals surface area contributed by atoms with Crippen molar-refractivity contribution in [3.63, 3.8) is 0 Å². The molecule has 0 aliphatic rings. The molecule has 4 heteroatoms. The molecule has 0 aromatic heterocycles. The number of carboxylic acid groups (broad SMARTS) is 1. The van der Waals surface area contributed by atoms with Crippen molar-refractivity contribution in [3.8, 4) is 0 Å². The molecule has 3 nitrogen and oxygen atoms in total. The quantitative estimate of drug-likeness (QED) is 0.817. The summed E-state index contributed by atoms with van der Waals surface area (Å²) in [6.45, 7) is 4.11. The van der Waals surface area contributed by atoms with E-state index < -0.39 is 5.97 Å². The zero-order valence-electron chi connectivity index (χ0n) is 10.9. The summed E-state index contributed by atoms with van der Waals surface area (Å²) >= 11 is 0. The number of benzene rings is 1. The van der Waals surface area contributed by atoms with Gasteiger partial charge >= 0.3 is 5.97 Å². The molecule has 1 N–H and O–H groups in total. The first kappa shape index (κ1) is 14.2. The van der Waals surface area contributed by atoms with Crippen molar-refractivity contribution in [2.75, 3.05) is 11.9 Å². The van der Waals surface area contributed by atoms with Crippen LogP contribution in [0, 0.1) is 5.82 Å². The first-order valence-electron chi connectivity index (χ1n) is 5.88. The molecule has 0 bridgehead atoms. The van der Waals surface area contributed by atoms with Crippen LogP contribution in [0.15, 0.2) is 24.3 Å². The molecule has 0 radical (unpaired) electrons. The smallest absolute Gasteiger partial charge is 0.328 e. The fraction of sp³-hybridized carbons (Fsp3) is 0.357. The van der Waals surface area contributed by atoms with E-state index in [0.717, 1.165) is 18.2 Å². The van der Waals surface area contributed by atoms with Crippen molar-refractivity contribution < 1.29 is 14.3 Å². The molecule has 1 aromatic rings. The van der Waals surface area contributed by atoms with Gasteiger partial charge in [-0.3, -0.25) is 0 Å². The number of hydrogen-bond acceptors (Lipinski definition) is 2. The van der Waals surface area contributed by atoms with Crippen molar-refractivity contribution in [3.05, 3.63) is 35.7 Å². The molecule has 0 aliphatic heterocycles. The lowest BCUT2D eigenvalue weighted by molar-refractivity contribution is -0.131. The SMILES string of the molecule is CCC(C)N(C)c1cc(F)cc(/C=C/C(=O)O)c1. The number of nitrogens with zero attached hydrogens (tertiary/aromatic N) is 1. The normalized spacial score (nSPS) is 12.7. The minimum atomic E-state index is -1.05. The minimum absolute atomic E-state index is 0.295. The lowest BCUT2D eigenvalue weighted by Crippen LogP contribution is -2.28. The van der Waals surface area contributed by atoms with E-state index in [9.17, 15) is 9.18 Å². The summed E-state index contributed by atoms with van der Waals surface area (Å²) in [5, 5.41) is 8.56. The summed E-state index contributed by atoms with van der Waals surface area (Å²) in [4.78, 5) is 12.4. The van der Waals surface area contributed by atoms with Crippen molar-refractivity contribution in [2.24, 2.45) is 0 Å². The highest BCUT2D eigenvalue weighted by molar-refractivity contribution is 5.85. The molecule has 0 heterocycles. The van der Waals surface area contributed by atoms with E-state index in [1.165, 1.54) is 18.2 Å². The molecule has 98 valence electrons. The van der Waals surface area contributed by atoms with Gasteiger partial charge in [0.2, 0.25) is 0 Å². The van der Waals surface area contributed by atoms with Crippen molar-refractivity contribution in [2.45, 2.75) is 26.3 Å². The number of hydrogen-bond donors (Lipinski definition) is 1. The fourth-order valence-corrected chi connectivity index (χ4v) is 1.59. The van der Waals surface area contributed by atoms with Gasteiger partial charge in [0.25, 0.3) is 0 Å². The standard InChI is InChI=1S/C14H18FNO2/c1-4-10(2)16(3)13-8-11(5-6-14(17)18)7-12(15)9-13/h5-10H,4H2,1-3H3,(H,17,18)/b6-5+. The average Bonchev–Trinajstić information content (AvgIpc) is 2.33. The third kappa shape index (κ3) is 3.87. The predicted octanol–water partition coefficient (Wildman–Crippen LogP) is 3.16. The summed E-state index contributed by atoms with van der Waals surface area (Å²) in [6.07, 6.45) is 3.34. The first-order valence-corrected chi connectivity index (χ1v) is 5.88. The number of halogens is 1. The lowest BCUT2D eigenvalue weighted by atomic mass is 10.1. The topological polar surface area (TPSA) is 40.5 Å². The van der Waals surface area contributed by atoms with Crippen molar-refractivity contribution in [1.29, 1.82) is 0 Å². The maximum absolute atomic E-state index is 13.5. The Morgan fingerprint density at radius 3 is 2.72 bits per heavy atom. The first-order chi connectivity index (χ1) is 8.43. The van der Waals surface area contributed by atoms with Crippen LogP contribution in [0.1, 0.15) is 25.8 Å². The van der Waals surface area contributed by atoms with Crippen LogP contribution < -0.4 is 4.90 Å². The third-order valence-electron chi connectivity index (χ3n) is 2.98. The van der Waals surface area contributed by atoms with E-state index in [-0.39, 0.29) is 5.82 Å². The predicted molar refractivity (Wildman–Crippen MR) is 71.2 cm³/mol. The van der Waals surface area contributed by atoms with Crippen LogP contribution in [0.3, 0.4) is 0 Å². The molecule has 0 amide bonds. The van der Waals surface area contributed by atoms with Crippen LogP contribution in [-0.4, -0.2) is 24.2 Å². The van der Waals surface area contributed by atoms with Gasteiger partial charge in [-0.25, -0.2) is 9.18 Å². The largest absolute Gasteiger partial charge is 0.478 e.